The molecule has 2 aromatic carbocycles. The minimum absolute atomic E-state index is 0.132. The predicted octanol–water partition coefficient (Wildman–Crippen LogP) is 4.09. The van der Waals surface area contributed by atoms with Crippen LogP contribution in [0.4, 0.5) is 0 Å². The van der Waals surface area contributed by atoms with Crippen LogP contribution in [0, 0.1) is 0 Å². The van der Waals surface area contributed by atoms with E-state index in [4.69, 9.17) is 4.74 Å². The molecule has 2 aromatic rings. The highest BCUT2D eigenvalue weighted by Crippen LogP contribution is 2.26. The Balaban J connectivity index is 2.17. The number of rotatable bonds is 8. The van der Waals surface area contributed by atoms with Gasteiger partial charge in [0, 0.05) is 6.54 Å². The zero-order valence-electron chi connectivity index (χ0n) is 14.8. The number of likely N-dealkylation sites (N-methyl/N-ethyl adjacent to an activating group) is 1. The van der Waals surface area contributed by atoms with E-state index >= 15 is 0 Å². The molecule has 0 fully saturated rings. The Bertz CT molecular complexity index is 569. The van der Waals surface area contributed by atoms with E-state index in [0.717, 1.165) is 30.8 Å². The van der Waals surface area contributed by atoms with Crippen molar-refractivity contribution in [3.63, 3.8) is 0 Å². The summed E-state index contributed by atoms with van der Waals surface area (Å²) in [5.41, 5.74) is 1.92. The summed E-state index contributed by atoms with van der Waals surface area (Å²) in [7, 11) is 0. The van der Waals surface area contributed by atoms with Gasteiger partial charge < -0.3 is 9.64 Å². The number of nitrogens with zero attached hydrogens (tertiary/aromatic N) is 1. The van der Waals surface area contributed by atoms with Crippen LogP contribution in [0.1, 0.15) is 37.8 Å². The van der Waals surface area contributed by atoms with Gasteiger partial charge in [-0.25, -0.2) is 0 Å². The number of benzene rings is 2. The average Bonchev–Trinajstić information content (AvgIpc) is 2.61. The number of hydrogen-bond acceptors (Lipinski definition) is 3. The van der Waals surface area contributed by atoms with Gasteiger partial charge >= 0.3 is 5.97 Å². The van der Waals surface area contributed by atoms with Crippen LogP contribution in [-0.4, -0.2) is 36.6 Å². The third-order valence-electron chi connectivity index (χ3n) is 4.23. The van der Waals surface area contributed by atoms with Crippen LogP contribution in [0.2, 0.25) is 0 Å². The minimum Gasteiger partial charge on any atom is -0.461 e. The van der Waals surface area contributed by atoms with E-state index in [1.807, 2.05) is 67.6 Å². The number of carbonyl (C=O) groups is 1. The van der Waals surface area contributed by atoms with Crippen molar-refractivity contribution in [2.75, 3.05) is 19.6 Å². The highest BCUT2D eigenvalue weighted by Gasteiger charge is 2.26. The molecule has 0 amide bonds. The van der Waals surface area contributed by atoms with Crippen LogP contribution in [0.25, 0.3) is 0 Å². The van der Waals surface area contributed by atoms with E-state index in [2.05, 4.69) is 18.7 Å². The molecule has 0 spiro atoms. The molecule has 0 saturated heterocycles. The Morgan fingerprint density at radius 3 is 1.79 bits per heavy atom. The summed E-state index contributed by atoms with van der Waals surface area (Å²) in [6.45, 7) is 8.88. The normalized spacial score (nSPS) is 12.4. The molecule has 0 aliphatic heterocycles. The SMILES string of the molecule is CCN(CC)C[C@H](C)OC(=O)C(c1ccccc1)c1ccccc1. The largest absolute Gasteiger partial charge is 0.461 e. The lowest BCUT2D eigenvalue weighted by atomic mass is 9.91. The van der Waals surface area contributed by atoms with Crippen molar-refractivity contribution in [2.24, 2.45) is 0 Å². The van der Waals surface area contributed by atoms with E-state index in [-0.39, 0.29) is 18.0 Å². The molecule has 1 atom stereocenters. The molecule has 2 rings (SSSR count). The van der Waals surface area contributed by atoms with E-state index in [9.17, 15) is 4.79 Å². The molecule has 128 valence electrons. The molecule has 0 bridgehead atoms. The van der Waals surface area contributed by atoms with Crippen LogP contribution < -0.4 is 0 Å². The zero-order valence-corrected chi connectivity index (χ0v) is 14.8. The Morgan fingerprint density at radius 1 is 0.917 bits per heavy atom. The lowest BCUT2D eigenvalue weighted by molar-refractivity contribution is -0.149. The first kappa shape index (κ1) is 18.2. The Labute approximate surface area is 145 Å². The summed E-state index contributed by atoms with van der Waals surface area (Å²) < 4.78 is 5.77. The molecule has 0 aromatic heterocycles. The maximum Gasteiger partial charge on any atom is 0.318 e. The second kappa shape index (κ2) is 9.24. The number of ether oxygens (including phenoxy) is 1. The summed E-state index contributed by atoms with van der Waals surface area (Å²) in [6, 6.07) is 19.7. The van der Waals surface area contributed by atoms with Crippen molar-refractivity contribution in [2.45, 2.75) is 32.8 Å². The van der Waals surface area contributed by atoms with Gasteiger partial charge in [0.1, 0.15) is 12.0 Å². The van der Waals surface area contributed by atoms with Gasteiger partial charge in [-0.1, -0.05) is 74.5 Å². The van der Waals surface area contributed by atoms with Crippen LogP contribution in [0.15, 0.2) is 60.7 Å². The molecule has 24 heavy (non-hydrogen) atoms. The van der Waals surface area contributed by atoms with E-state index in [1.165, 1.54) is 0 Å². The topological polar surface area (TPSA) is 29.5 Å². The first-order valence-corrected chi connectivity index (χ1v) is 8.68. The molecule has 3 nitrogen and oxygen atoms in total. The van der Waals surface area contributed by atoms with E-state index in [1.54, 1.807) is 0 Å². The molecule has 0 N–H and O–H groups in total. The molecule has 0 aliphatic rings. The van der Waals surface area contributed by atoms with E-state index < -0.39 is 0 Å². The lowest BCUT2D eigenvalue weighted by Crippen LogP contribution is -2.34. The average molecular weight is 325 g/mol. The van der Waals surface area contributed by atoms with Crippen molar-refractivity contribution in [1.82, 2.24) is 4.90 Å². The fourth-order valence-corrected chi connectivity index (χ4v) is 2.90. The van der Waals surface area contributed by atoms with Crippen molar-refractivity contribution in [3.05, 3.63) is 71.8 Å². The van der Waals surface area contributed by atoms with Gasteiger partial charge in [0.15, 0.2) is 0 Å². The molecule has 0 saturated carbocycles. The van der Waals surface area contributed by atoms with Crippen LogP contribution >= 0.6 is 0 Å². The number of hydrogen-bond donors (Lipinski definition) is 0. The summed E-state index contributed by atoms with van der Waals surface area (Å²) in [6.07, 6.45) is -0.132. The van der Waals surface area contributed by atoms with Gasteiger partial charge in [0.25, 0.3) is 0 Å². The van der Waals surface area contributed by atoms with Gasteiger partial charge in [-0.15, -0.1) is 0 Å². The molecule has 0 unspecified atom stereocenters. The quantitative estimate of drug-likeness (QED) is 0.685. The van der Waals surface area contributed by atoms with E-state index in [0.29, 0.717) is 0 Å². The van der Waals surface area contributed by atoms with Gasteiger partial charge in [0.05, 0.1) is 0 Å². The van der Waals surface area contributed by atoms with Gasteiger partial charge in [-0.3, -0.25) is 4.79 Å². The molecule has 0 heterocycles. The fraction of sp³-hybridized carbons (Fsp3) is 0.381. The van der Waals surface area contributed by atoms with Crippen LogP contribution in [0.3, 0.4) is 0 Å². The smallest absolute Gasteiger partial charge is 0.318 e. The lowest BCUT2D eigenvalue weighted by Gasteiger charge is -2.25. The number of carbonyl (C=O) groups excluding carboxylic acids is 1. The van der Waals surface area contributed by atoms with Gasteiger partial charge in [-0.05, 0) is 31.1 Å². The van der Waals surface area contributed by atoms with Crippen molar-refractivity contribution in [1.29, 1.82) is 0 Å². The van der Waals surface area contributed by atoms with Gasteiger partial charge in [-0.2, -0.15) is 0 Å². The fourth-order valence-electron chi connectivity index (χ4n) is 2.90. The zero-order chi connectivity index (χ0) is 17.4. The first-order chi connectivity index (χ1) is 11.7. The molecular weight excluding hydrogens is 298 g/mol. The third-order valence-corrected chi connectivity index (χ3v) is 4.23. The minimum atomic E-state index is -0.383. The predicted molar refractivity (Wildman–Crippen MR) is 98.1 cm³/mol. The second-order valence-electron chi connectivity index (χ2n) is 5.99. The standard InChI is InChI=1S/C21H27NO2/c1-4-22(5-2)16-17(3)24-21(23)20(18-12-8-6-9-13-18)19-14-10-7-11-15-19/h6-15,17,20H,4-5,16H2,1-3H3/t17-/m0/s1. The summed E-state index contributed by atoms with van der Waals surface area (Å²) in [4.78, 5) is 15.1. The van der Waals surface area contributed by atoms with Crippen molar-refractivity contribution >= 4 is 5.97 Å². The maximum atomic E-state index is 12.9. The van der Waals surface area contributed by atoms with Crippen LogP contribution in [-0.2, 0) is 9.53 Å². The third kappa shape index (κ3) is 4.93. The summed E-state index contributed by atoms with van der Waals surface area (Å²) in [5, 5.41) is 0. The molecular formula is C21H27NO2. The monoisotopic (exact) mass is 325 g/mol. The maximum absolute atomic E-state index is 12.9. The highest BCUT2D eigenvalue weighted by atomic mass is 16.5. The Kier molecular flexibility index (Phi) is 7.01. The second-order valence-corrected chi connectivity index (χ2v) is 5.99. The van der Waals surface area contributed by atoms with Crippen molar-refractivity contribution < 1.29 is 9.53 Å². The summed E-state index contributed by atoms with van der Waals surface area (Å²) in [5.74, 6) is -0.571. The van der Waals surface area contributed by atoms with Gasteiger partial charge in [0.2, 0.25) is 0 Å². The highest BCUT2D eigenvalue weighted by molar-refractivity contribution is 5.82. The first-order valence-electron chi connectivity index (χ1n) is 8.68. The van der Waals surface area contributed by atoms with Crippen LogP contribution in [0.5, 0.6) is 0 Å². The Hall–Kier alpha value is -2.13. The Morgan fingerprint density at radius 2 is 1.38 bits per heavy atom. The molecule has 0 aliphatic carbocycles. The molecule has 3 heteroatoms. The van der Waals surface area contributed by atoms with Crippen molar-refractivity contribution in [3.8, 4) is 0 Å². The number of esters is 1. The summed E-state index contributed by atoms with van der Waals surface area (Å²) >= 11 is 0. The molecule has 0 radical (unpaired) electrons.